The monoisotopic (exact) mass is 1630 g/mol. The molecule has 0 radical (unpaired) electrons. The van der Waals surface area contributed by atoms with Crippen LogP contribution in [0.2, 0.25) is 5.15 Å². The van der Waals surface area contributed by atoms with Gasteiger partial charge in [0.25, 0.3) is 0 Å². The number of hydrogen-bond acceptors (Lipinski definition) is 19. The van der Waals surface area contributed by atoms with E-state index in [4.69, 9.17) is 54.6 Å². The van der Waals surface area contributed by atoms with Crippen LogP contribution < -0.4 is 35.6 Å². The van der Waals surface area contributed by atoms with Crippen molar-refractivity contribution in [2.24, 2.45) is 17.8 Å². The van der Waals surface area contributed by atoms with Crippen molar-refractivity contribution in [3.05, 3.63) is 220 Å². The number of hydrogen-bond donors (Lipinski definition) is 4. The van der Waals surface area contributed by atoms with Crippen LogP contribution in [0.3, 0.4) is 0 Å². The second kappa shape index (κ2) is 44.4. The molecule has 1 aliphatic heterocycles. The molecule has 7 heterocycles. The number of rotatable bonds is 26. The highest BCUT2D eigenvalue weighted by atomic mass is 35.5. The van der Waals surface area contributed by atoms with E-state index in [1.54, 1.807) is 25.3 Å². The van der Waals surface area contributed by atoms with Crippen molar-refractivity contribution >= 4 is 141 Å². The first-order valence-corrected chi connectivity index (χ1v) is 36.2. The number of aliphatic carboxylic acids is 1. The molecular weight excluding hydrogens is 1530 g/mol. The van der Waals surface area contributed by atoms with Gasteiger partial charge in [-0.3, -0.25) is 14.4 Å². The molecule has 0 bridgehead atoms. The van der Waals surface area contributed by atoms with Gasteiger partial charge in [0.05, 0.1) is 90.5 Å². The number of carbonyl (C=O) groups excluding carboxylic acids is 2. The Balaban J connectivity index is 0.000000310. The molecule has 20 nitrogen and oxygen atoms in total. The summed E-state index contributed by atoms with van der Waals surface area (Å²) in [6.07, 6.45) is 7.53. The average Bonchev–Trinajstić information content (AvgIpc) is 1.62. The highest BCUT2D eigenvalue weighted by Gasteiger charge is 2.52. The van der Waals surface area contributed by atoms with Crippen molar-refractivity contribution in [2.75, 3.05) is 49.0 Å². The summed E-state index contributed by atoms with van der Waals surface area (Å²) in [5, 5.41) is 19.7. The minimum Gasteiger partial charge on any atom is -0.492 e. The third-order valence-corrected chi connectivity index (χ3v) is 18.8. The molecule has 3 aromatic carbocycles. The zero-order valence-corrected chi connectivity index (χ0v) is 71.3. The van der Waals surface area contributed by atoms with Gasteiger partial charge in [0.2, 0.25) is 0 Å². The number of aromatic nitrogens is 6. The Bertz CT molecular complexity index is 4390. The number of nitrogens with one attached hydrogen (secondary N) is 3. The van der Waals surface area contributed by atoms with Crippen LogP contribution >= 0.6 is 92.6 Å². The Labute approximate surface area is 695 Å². The lowest BCUT2D eigenvalue weighted by atomic mass is 9.80. The average molecular weight is 1630 g/mol. The van der Waals surface area contributed by atoms with Gasteiger partial charge < -0.3 is 54.0 Å². The van der Waals surface area contributed by atoms with Crippen LogP contribution in [-0.4, -0.2) is 104 Å². The molecule has 0 spiro atoms. The summed E-state index contributed by atoms with van der Waals surface area (Å²) in [6.45, 7) is 28.5. The van der Waals surface area contributed by atoms with Gasteiger partial charge in [0, 0.05) is 72.6 Å². The molecule has 6 aromatic heterocycles. The van der Waals surface area contributed by atoms with Gasteiger partial charge in [-0.05, 0) is 186 Å². The molecule has 4 fully saturated rings. The van der Waals surface area contributed by atoms with E-state index < -0.39 is 5.97 Å². The third-order valence-electron chi connectivity index (χ3n) is 18.5. The molecule has 0 amide bonds. The quantitative estimate of drug-likeness (QED) is 0.0223. The van der Waals surface area contributed by atoms with Crippen LogP contribution in [0, 0.1) is 38.5 Å². The number of halogens is 1. The van der Waals surface area contributed by atoms with Gasteiger partial charge >= 0.3 is 25.0 Å². The summed E-state index contributed by atoms with van der Waals surface area (Å²) in [4.78, 5) is 62.5. The van der Waals surface area contributed by atoms with E-state index in [9.17, 15) is 19.5 Å². The van der Waals surface area contributed by atoms with Gasteiger partial charge in [0.1, 0.15) is 39.9 Å². The minimum atomic E-state index is -0.777. The molecule has 592 valence electrons. The number of carboxylic acid groups (broad SMARTS) is 1. The maximum Gasteiger partial charge on any atom is 0.496 e. The lowest BCUT2D eigenvalue weighted by molar-refractivity contribution is -0.145. The second-order valence-electron chi connectivity index (χ2n) is 27.1. The summed E-state index contributed by atoms with van der Waals surface area (Å²) in [5.41, 5.74) is 13.4. The van der Waals surface area contributed by atoms with E-state index in [2.05, 4.69) is 151 Å². The lowest BCUT2D eigenvalue weighted by Gasteiger charge is -2.32. The van der Waals surface area contributed by atoms with Gasteiger partial charge in [-0.1, -0.05) is 107 Å². The molecule has 28 heteroatoms. The van der Waals surface area contributed by atoms with Gasteiger partial charge in [-0.15, -0.1) is 0 Å². The van der Waals surface area contributed by atoms with Crippen molar-refractivity contribution in [1.82, 2.24) is 29.9 Å². The lowest BCUT2D eigenvalue weighted by Crippen LogP contribution is -2.41. The Morgan fingerprint density at radius 3 is 1.15 bits per heavy atom. The Kier molecular flexibility index (Phi) is 38.2. The van der Waals surface area contributed by atoms with Crippen molar-refractivity contribution in [2.45, 2.75) is 151 Å². The van der Waals surface area contributed by atoms with Gasteiger partial charge in [-0.25, -0.2) is 29.9 Å². The molecule has 3 aliphatic carbocycles. The fourth-order valence-electron chi connectivity index (χ4n) is 12.1. The molecule has 3 saturated carbocycles. The Morgan fingerprint density at radius 2 is 0.818 bits per heavy atom. The standard InChI is InChI=1S/C26H29N3O3.C24H25N3O3.C19H25BN2O2.C13H16ClNO3.6H2S/c1-4-31-23-11-10-22(29-25(23)20-14-21(20)26(30)32-5-2)19-9-12-24(28-16-19)27-15-18-8-6-7-17(3)13-18;1-3-30-21-9-8-20(27-23(21)18-12-19(18)24(28)29)17-7-10-22(26-14-17)25-13-16-6-4-5-15(2)11-16;1-14-7-6-8-15(11-14)12-21-17-10-9-16(13-22-17)20-23-18(2,3)19(4,5)24-20;1-3-17-10-5-6-11(14)15-12(10)8-7-9(8)13(16)18-4-2;;;;;;/h6-13,16,20-21H,4-5,14-15H2,1-3H3,(H,27,28);4-11,14,18-19H,3,12-13H2,1-2H3,(H,25,26)(H,28,29);6-11,13H,12H2,1-5H3,(H,21,22);5-6,8-9H,3-4,7H2,1-2H3;6*1H2/t20-,21-;18-,19-;;8-,9-;;;;;;/m00.0....../s1. The highest BCUT2D eigenvalue weighted by molar-refractivity contribution is 7.60. The maximum atomic E-state index is 12.1. The topological polar surface area (TPSA) is 249 Å². The van der Waals surface area contributed by atoms with Crippen LogP contribution in [0.4, 0.5) is 17.5 Å². The minimum absolute atomic E-state index is 0. The number of carbonyl (C=O) groups is 3. The first-order valence-electron chi connectivity index (χ1n) is 35.8. The number of anilines is 3. The number of benzene rings is 3. The predicted octanol–water partition coefficient (Wildman–Crippen LogP) is 16.6. The number of carboxylic acids is 1. The largest absolute Gasteiger partial charge is 0.496 e. The number of pyridine rings is 6. The van der Waals surface area contributed by atoms with Gasteiger partial charge in [0.15, 0.2) is 0 Å². The number of ether oxygens (including phenoxy) is 5. The van der Waals surface area contributed by atoms with Crippen LogP contribution in [0.1, 0.15) is 150 Å². The van der Waals surface area contributed by atoms with E-state index >= 15 is 0 Å². The summed E-state index contributed by atoms with van der Waals surface area (Å²) < 4.78 is 39.3. The molecule has 4 N–H and O–H groups in total. The van der Waals surface area contributed by atoms with Crippen LogP contribution in [-0.2, 0) is 52.8 Å². The number of aryl methyl sites for hydroxylation is 3. The fraction of sp³-hybridized carbons (Fsp3) is 0.378. The first-order chi connectivity index (χ1) is 50.1. The molecule has 6 atom stereocenters. The van der Waals surface area contributed by atoms with Gasteiger partial charge in [-0.2, -0.15) is 81.0 Å². The van der Waals surface area contributed by atoms with Crippen molar-refractivity contribution < 1.29 is 52.5 Å². The van der Waals surface area contributed by atoms with Crippen molar-refractivity contribution in [1.29, 1.82) is 0 Å². The summed E-state index contributed by atoms with van der Waals surface area (Å²) >= 11 is 5.89. The van der Waals surface area contributed by atoms with E-state index in [1.807, 2.05) is 107 Å². The number of esters is 2. The normalized spacial score (nSPS) is 17.3. The summed E-state index contributed by atoms with van der Waals surface area (Å²) in [5.74, 6) is 2.87. The molecule has 9 aromatic rings. The zero-order chi connectivity index (χ0) is 74.1. The molecule has 110 heavy (non-hydrogen) atoms. The second-order valence-corrected chi connectivity index (χ2v) is 27.5. The zero-order valence-electron chi connectivity index (χ0n) is 64.5. The molecule has 13 rings (SSSR count). The molecule has 4 aliphatic rings. The SMILES string of the molecule is CCOC(=O)[C@H]1C[C@@H]1c1nc(-c2ccc(NCc3cccc(C)c3)nc2)ccc1OCC.CCOC(=O)[C@H]1C[C@@H]1c1nc(Cl)ccc1OCC.CCOc1ccc(-c2ccc(NCc3cccc(C)c3)nc2)nc1[C@H]1C[C@@H]1C(=O)O.Cc1cccc(CNc2ccc(B3OC(C)(C)C(C)(C)O3)cn2)c1.S.S.S.S.S.S. The van der Waals surface area contributed by atoms with E-state index in [1.165, 1.54) is 33.4 Å². The van der Waals surface area contributed by atoms with Crippen LogP contribution in [0.25, 0.3) is 22.5 Å². The smallest absolute Gasteiger partial charge is 0.492 e. The summed E-state index contributed by atoms with van der Waals surface area (Å²) in [7, 11) is -0.367. The molecular formula is C82H107BClN9O11S6. The first kappa shape index (κ1) is 94.5. The summed E-state index contributed by atoms with van der Waals surface area (Å²) in [6, 6.07) is 48.2. The third kappa shape index (κ3) is 26.1. The van der Waals surface area contributed by atoms with Crippen molar-refractivity contribution in [3.63, 3.8) is 0 Å². The van der Waals surface area contributed by atoms with Crippen molar-refractivity contribution in [3.8, 4) is 39.8 Å². The Hall–Kier alpha value is -7.86. The van der Waals surface area contributed by atoms with Crippen LogP contribution in [0.5, 0.6) is 17.2 Å². The van der Waals surface area contributed by atoms with E-state index in [0.717, 1.165) is 94.2 Å². The molecule has 0 unspecified atom stereocenters. The van der Waals surface area contributed by atoms with E-state index in [0.29, 0.717) is 62.7 Å². The number of nitrogens with zero attached hydrogens (tertiary/aromatic N) is 6. The van der Waals surface area contributed by atoms with E-state index in [-0.39, 0.29) is 147 Å². The highest BCUT2D eigenvalue weighted by Crippen LogP contribution is 2.53. The van der Waals surface area contributed by atoms with Crippen LogP contribution in [0.15, 0.2) is 164 Å². The Morgan fingerprint density at radius 1 is 0.464 bits per heavy atom. The maximum absolute atomic E-state index is 12.1. The fourth-order valence-corrected chi connectivity index (χ4v) is 12.2. The molecule has 1 saturated heterocycles. The predicted molar refractivity (Wildman–Crippen MR) is 469 cm³/mol.